The normalized spacial score (nSPS) is 13.0. The number of Topliss-reactive ketones (excluding diaryl/α,β-unsaturated/α-hetero) is 1. The second-order valence-corrected chi connectivity index (χ2v) is 3.30. The summed E-state index contributed by atoms with van der Waals surface area (Å²) in [6.45, 7) is 5.25. The zero-order valence-electron chi connectivity index (χ0n) is 6.79. The Bertz CT molecular complexity index is 269. The Kier molecular flexibility index (Phi) is 2.34. The van der Waals surface area contributed by atoms with E-state index < -0.39 is 0 Å². The quantitative estimate of drug-likeness (QED) is 0.676. The van der Waals surface area contributed by atoms with Crippen LogP contribution in [0.25, 0.3) is 0 Å². The summed E-state index contributed by atoms with van der Waals surface area (Å²) in [6, 6.07) is 0. The van der Waals surface area contributed by atoms with Crippen molar-refractivity contribution in [1.29, 1.82) is 0 Å². The van der Waals surface area contributed by atoms with Crippen LogP contribution in [0.4, 0.5) is 0 Å². The van der Waals surface area contributed by atoms with Crippen molar-refractivity contribution in [2.24, 2.45) is 0 Å². The first-order valence-corrected chi connectivity index (χ1v) is 4.19. The van der Waals surface area contributed by atoms with Crippen LogP contribution in [0.1, 0.15) is 30.6 Å². The molecule has 11 heavy (non-hydrogen) atoms. The van der Waals surface area contributed by atoms with Crippen molar-refractivity contribution in [2.45, 2.75) is 26.7 Å². The molecule has 1 atom stereocenters. The summed E-state index contributed by atoms with van der Waals surface area (Å²) in [5, 5.41) is 0.815. The lowest BCUT2D eigenvalue weighted by Gasteiger charge is -1.99. The zero-order chi connectivity index (χ0) is 8.43. The number of aryl methyl sites for hydroxylation is 1. The van der Waals surface area contributed by atoms with E-state index in [9.17, 15) is 4.79 Å². The van der Waals surface area contributed by atoms with Crippen molar-refractivity contribution >= 4 is 17.3 Å². The van der Waals surface area contributed by atoms with E-state index in [1.54, 1.807) is 6.92 Å². The highest BCUT2D eigenvalue weighted by atomic mass is 32.1. The van der Waals surface area contributed by atoms with Gasteiger partial charge in [0.1, 0.15) is 16.6 Å². The van der Waals surface area contributed by atoms with E-state index in [-0.39, 0.29) is 11.7 Å². The Hall–Kier alpha value is -0.770. The summed E-state index contributed by atoms with van der Waals surface area (Å²) in [7, 11) is 0. The molecule has 1 aromatic rings. The number of carbonyl (C=O) groups is 1. The molecule has 0 aromatic carbocycles. The van der Waals surface area contributed by atoms with Crippen LogP contribution in [0.5, 0.6) is 0 Å². The molecular weight excluding hydrogens is 160 g/mol. The molecule has 0 radical (unpaired) electrons. The predicted molar refractivity (Wildman–Crippen MR) is 43.7 cm³/mol. The van der Waals surface area contributed by atoms with E-state index in [0.717, 1.165) is 10.8 Å². The van der Waals surface area contributed by atoms with Gasteiger partial charge in [0.05, 0.1) is 5.92 Å². The first-order chi connectivity index (χ1) is 5.11. The fourth-order valence-corrected chi connectivity index (χ4v) is 1.43. The van der Waals surface area contributed by atoms with Gasteiger partial charge in [0.2, 0.25) is 0 Å². The van der Waals surface area contributed by atoms with Crippen molar-refractivity contribution in [3.63, 3.8) is 0 Å². The fraction of sp³-hybridized carbons (Fsp3) is 0.571. The lowest BCUT2D eigenvalue weighted by Crippen LogP contribution is -2.03. The molecule has 0 fully saturated rings. The van der Waals surface area contributed by atoms with Gasteiger partial charge in [-0.1, -0.05) is 0 Å². The number of ketones is 1. The van der Waals surface area contributed by atoms with Crippen LogP contribution in [-0.4, -0.2) is 15.1 Å². The van der Waals surface area contributed by atoms with E-state index in [4.69, 9.17) is 0 Å². The maximum atomic E-state index is 10.9. The fourth-order valence-electron chi connectivity index (χ4n) is 0.663. The maximum absolute atomic E-state index is 10.9. The molecular formula is C7H10N2OS. The predicted octanol–water partition coefficient (Wildman–Crippen LogP) is 1.54. The van der Waals surface area contributed by atoms with E-state index >= 15 is 0 Å². The molecule has 0 spiro atoms. The molecule has 4 heteroatoms. The third-order valence-corrected chi connectivity index (χ3v) is 2.51. The molecule has 0 aliphatic heterocycles. The number of hydrogen-bond acceptors (Lipinski definition) is 4. The van der Waals surface area contributed by atoms with Crippen molar-refractivity contribution in [3.8, 4) is 0 Å². The largest absolute Gasteiger partial charge is 0.299 e. The first-order valence-electron chi connectivity index (χ1n) is 3.42. The summed E-state index contributed by atoms with van der Waals surface area (Å²) >= 11 is 1.30. The van der Waals surface area contributed by atoms with Crippen molar-refractivity contribution < 1.29 is 4.79 Å². The number of rotatable bonds is 2. The van der Waals surface area contributed by atoms with Crippen LogP contribution in [-0.2, 0) is 4.79 Å². The van der Waals surface area contributed by atoms with E-state index in [1.165, 1.54) is 11.5 Å². The van der Waals surface area contributed by atoms with E-state index in [0.29, 0.717) is 0 Å². The number of hydrogen-bond donors (Lipinski definition) is 0. The molecule has 1 rings (SSSR count). The molecule has 0 aliphatic carbocycles. The molecule has 60 valence electrons. The molecule has 0 amide bonds. The first kappa shape index (κ1) is 8.33. The SMILES string of the molecule is CC(=O)C(C)c1nc(C)ns1. The van der Waals surface area contributed by atoms with Gasteiger partial charge in [0.15, 0.2) is 0 Å². The molecule has 3 nitrogen and oxygen atoms in total. The number of carbonyl (C=O) groups excluding carboxylic acids is 1. The summed E-state index contributed by atoms with van der Waals surface area (Å²) in [6.07, 6.45) is 0. The molecule has 0 aliphatic rings. The standard InChI is InChI=1S/C7H10N2OS/c1-4(5(2)10)7-8-6(3)9-11-7/h4H,1-3H3. The van der Waals surface area contributed by atoms with Gasteiger partial charge < -0.3 is 0 Å². The Balaban J connectivity index is 2.84. The second-order valence-electron chi connectivity index (χ2n) is 2.51. The van der Waals surface area contributed by atoms with E-state index in [1.807, 2.05) is 13.8 Å². The van der Waals surface area contributed by atoms with Gasteiger partial charge in [-0.05, 0) is 32.3 Å². The van der Waals surface area contributed by atoms with Gasteiger partial charge in [0.25, 0.3) is 0 Å². The smallest absolute Gasteiger partial charge is 0.139 e. The summed E-state index contributed by atoms with van der Waals surface area (Å²) in [4.78, 5) is 15.0. The van der Waals surface area contributed by atoms with Crippen LogP contribution >= 0.6 is 11.5 Å². The second kappa shape index (κ2) is 3.09. The van der Waals surface area contributed by atoms with Gasteiger partial charge in [-0.15, -0.1) is 0 Å². The average Bonchev–Trinajstić information content (AvgIpc) is 2.34. The number of aromatic nitrogens is 2. The van der Waals surface area contributed by atoms with Crippen molar-refractivity contribution in [1.82, 2.24) is 9.36 Å². The van der Waals surface area contributed by atoms with Crippen LogP contribution in [0.2, 0.25) is 0 Å². The molecule has 1 heterocycles. The Labute approximate surface area is 69.6 Å². The van der Waals surface area contributed by atoms with E-state index in [2.05, 4.69) is 9.36 Å². The minimum absolute atomic E-state index is 0.0961. The third kappa shape index (κ3) is 1.83. The highest BCUT2D eigenvalue weighted by Crippen LogP contribution is 2.17. The summed E-state index contributed by atoms with van der Waals surface area (Å²) < 4.78 is 4.00. The van der Waals surface area contributed by atoms with Crippen LogP contribution in [0, 0.1) is 6.92 Å². The minimum atomic E-state index is -0.0961. The molecule has 0 N–H and O–H groups in total. The topological polar surface area (TPSA) is 42.9 Å². The highest BCUT2D eigenvalue weighted by Gasteiger charge is 2.14. The lowest BCUT2D eigenvalue weighted by molar-refractivity contribution is -0.118. The maximum Gasteiger partial charge on any atom is 0.139 e. The number of nitrogens with zero attached hydrogens (tertiary/aromatic N) is 2. The van der Waals surface area contributed by atoms with Gasteiger partial charge in [-0.2, -0.15) is 4.37 Å². The molecule has 0 bridgehead atoms. The van der Waals surface area contributed by atoms with Crippen LogP contribution in [0.15, 0.2) is 0 Å². The third-order valence-electron chi connectivity index (χ3n) is 1.52. The molecule has 0 saturated heterocycles. The monoisotopic (exact) mass is 170 g/mol. The molecule has 0 saturated carbocycles. The van der Waals surface area contributed by atoms with Gasteiger partial charge >= 0.3 is 0 Å². The van der Waals surface area contributed by atoms with Gasteiger partial charge in [0, 0.05) is 0 Å². The Morgan fingerprint density at radius 3 is 2.64 bits per heavy atom. The summed E-state index contributed by atoms with van der Waals surface area (Å²) in [5.41, 5.74) is 0. The lowest BCUT2D eigenvalue weighted by atomic mass is 10.1. The molecule has 1 unspecified atom stereocenters. The van der Waals surface area contributed by atoms with Gasteiger partial charge in [-0.3, -0.25) is 4.79 Å². The average molecular weight is 170 g/mol. The Morgan fingerprint density at radius 2 is 2.27 bits per heavy atom. The zero-order valence-corrected chi connectivity index (χ0v) is 7.60. The summed E-state index contributed by atoms with van der Waals surface area (Å²) in [5.74, 6) is 0.792. The van der Waals surface area contributed by atoms with Crippen LogP contribution < -0.4 is 0 Å². The van der Waals surface area contributed by atoms with Crippen molar-refractivity contribution in [2.75, 3.05) is 0 Å². The Morgan fingerprint density at radius 1 is 1.64 bits per heavy atom. The minimum Gasteiger partial charge on any atom is -0.299 e. The van der Waals surface area contributed by atoms with Crippen LogP contribution in [0.3, 0.4) is 0 Å². The van der Waals surface area contributed by atoms with Gasteiger partial charge in [-0.25, -0.2) is 4.98 Å². The molecule has 1 aromatic heterocycles. The van der Waals surface area contributed by atoms with Crippen molar-refractivity contribution in [3.05, 3.63) is 10.8 Å². The highest BCUT2D eigenvalue weighted by molar-refractivity contribution is 7.05.